The minimum Gasteiger partial charge on any atom is -0.465 e. The van der Waals surface area contributed by atoms with Crippen molar-refractivity contribution in [1.82, 2.24) is 10.9 Å². The van der Waals surface area contributed by atoms with E-state index in [2.05, 4.69) is 10.9 Å². The largest absolute Gasteiger partial charge is 0.465 e. The molecule has 1 unspecified atom stereocenters. The van der Waals surface area contributed by atoms with Gasteiger partial charge in [-0.15, -0.1) is 0 Å². The summed E-state index contributed by atoms with van der Waals surface area (Å²) in [6.45, 7) is 0.483. The Kier molecular flexibility index (Phi) is 5.72. The first kappa shape index (κ1) is 17.5. The van der Waals surface area contributed by atoms with Gasteiger partial charge in [-0.05, 0) is 31.1 Å². The lowest BCUT2D eigenvalue weighted by molar-refractivity contribution is -0.189. The molecule has 1 spiro atoms. The molecule has 2 heterocycles. The summed E-state index contributed by atoms with van der Waals surface area (Å²) >= 11 is 0. The fraction of sp³-hybridized carbons (Fsp3) is 0.529. The van der Waals surface area contributed by atoms with Crippen molar-refractivity contribution in [3.63, 3.8) is 0 Å². The Balaban J connectivity index is 1.32. The Morgan fingerprint density at radius 1 is 1.28 bits per heavy atom. The van der Waals surface area contributed by atoms with E-state index in [1.54, 1.807) is 12.1 Å². The van der Waals surface area contributed by atoms with E-state index >= 15 is 0 Å². The maximum Gasteiger partial charge on any atom is 0.426 e. The van der Waals surface area contributed by atoms with E-state index in [0.29, 0.717) is 12.4 Å². The van der Waals surface area contributed by atoms with Crippen LogP contribution in [-0.4, -0.2) is 37.1 Å². The molecular formula is C17H22N2O6. The van der Waals surface area contributed by atoms with Crippen LogP contribution < -0.4 is 10.9 Å². The van der Waals surface area contributed by atoms with Gasteiger partial charge in [0.1, 0.15) is 18.5 Å². The lowest BCUT2D eigenvalue weighted by Crippen LogP contribution is -2.42. The maximum absolute atomic E-state index is 11.6. The summed E-state index contributed by atoms with van der Waals surface area (Å²) in [5, 5.41) is 0. The van der Waals surface area contributed by atoms with Crippen LogP contribution in [0.1, 0.15) is 37.9 Å². The summed E-state index contributed by atoms with van der Waals surface area (Å²) in [4.78, 5) is 23.2. The Morgan fingerprint density at radius 3 is 2.88 bits per heavy atom. The predicted molar refractivity (Wildman–Crippen MR) is 87.0 cm³/mol. The molecule has 2 N–H and O–H groups in total. The standard InChI is InChI=1S/C17H22N2O6/c20-15(7-6-13-5-4-10-22-13)18-19-16(21)23-11-14-12-24-17(25-14)8-2-1-3-9-17/h4-7,10,14H,1-3,8-9,11-12H2,(H,18,20)(H,19,21)/b7-6+. The van der Waals surface area contributed by atoms with Crippen LogP contribution in [0.25, 0.3) is 6.08 Å². The number of carbonyl (C=O) groups is 2. The molecule has 1 aliphatic heterocycles. The third-order valence-corrected chi connectivity index (χ3v) is 4.16. The topological polar surface area (TPSA) is 99.0 Å². The van der Waals surface area contributed by atoms with Crippen molar-refractivity contribution in [2.75, 3.05) is 13.2 Å². The molecule has 2 fully saturated rings. The number of amides is 2. The third-order valence-electron chi connectivity index (χ3n) is 4.16. The van der Waals surface area contributed by atoms with Crippen LogP contribution in [0.2, 0.25) is 0 Å². The summed E-state index contributed by atoms with van der Waals surface area (Å²) in [7, 11) is 0. The van der Waals surface area contributed by atoms with Gasteiger partial charge in [0.25, 0.3) is 5.91 Å². The van der Waals surface area contributed by atoms with Gasteiger partial charge in [-0.2, -0.15) is 0 Å². The normalized spacial score (nSPS) is 22.2. The number of furan rings is 1. The van der Waals surface area contributed by atoms with E-state index in [0.717, 1.165) is 25.7 Å². The van der Waals surface area contributed by atoms with Crippen molar-refractivity contribution >= 4 is 18.1 Å². The second kappa shape index (κ2) is 8.17. The maximum atomic E-state index is 11.6. The molecule has 8 heteroatoms. The van der Waals surface area contributed by atoms with Crippen molar-refractivity contribution in [2.45, 2.75) is 44.0 Å². The number of hydrogen-bond donors (Lipinski definition) is 2. The van der Waals surface area contributed by atoms with Crippen LogP contribution >= 0.6 is 0 Å². The van der Waals surface area contributed by atoms with Crippen LogP contribution in [0.15, 0.2) is 28.9 Å². The van der Waals surface area contributed by atoms with E-state index in [-0.39, 0.29) is 12.7 Å². The zero-order valence-electron chi connectivity index (χ0n) is 13.9. The minimum absolute atomic E-state index is 0.0751. The van der Waals surface area contributed by atoms with E-state index in [4.69, 9.17) is 18.6 Å². The monoisotopic (exact) mass is 350 g/mol. The Bertz CT molecular complexity index is 607. The van der Waals surface area contributed by atoms with Gasteiger partial charge < -0.3 is 18.6 Å². The van der Waals surface area contributed by atoms with Crippen molar-refractivity contribution in [1.29, 1.82) is 0 Å². The quantitative estimate of drug-likeness (QED) is 0.637. The molecule has 2 amide bonds. The van der Waals surface area contributed by atoms with E-state index in [1.807, 2.05) is 0 Å². The van der Waals surface area contributed by atoms with E-state index < -0.39 is 17.8 Å². The number of hydrazine groups is 1. The number of carbonyl (C=O) groups excluding carboxylic acids is 2. The zero-order valence-corrected chi connectivity index (χ0v) is 13.9. The molecule has 0 radical (unpaired) electrons. The zero-order chi connectivity index (χ0) is 17.5. The number of ether oxygens (including phenoxy) is 3. The average Bonchev–Trinajstić information content (AvgIpc) is 3.27. The van der Waals surface area contributed by atoms with Gasteiger partial charge in [-0.25, -0.2) is 10.2 Å². The number of hydrogen-bond acceptors (Lipinski definition) is 6. The molecule has 1 saturated carbocycles. The molecule has 1 aromatic rings. The first-order valence-electron chi connectivity index (χ1n) is 8.41. The summed E-state index contributed by atoms with van der Waals surface area (Å²) in [5.74, 6) is -0.462. The first-order valence-corrected chi connectivity index (χ1v) is 8.41. The fourth-order valence-corrected chi connectivity index (χ4v) is 2.95. The number of rotatable bonds is 4. The highest BCUT2D eigenvalue weighted by atomic mass is 16.8. The van der Waals surface area contributed by atoms with Gasteiger partial charge in [0.05, 0.1) is 12.9 Å². The minimum atomic E-state index is -0.757. The van der Waals surface area contributed by atoms with Crippen molar-refractivity contribution in [3.05, 3.63) is 30.2 Å². The molecule has 0 bridgehead atoms. The van der Waals surface area contributed by atoms with Crippen LogP contribution in [-0.2, 0) is 19.0 Å². The van der Waals surface area contributed by atoms with Crippen molar-refractivity contribution in [3.8, 4) is 0 Å². The summed E-state index contributed by atoms with van der Waals surface area (Å²) in [6, 6.07) is 3.41. The SMILES string of the molecule is O=C(/C=C/c1ccco1)NNC(=O)OCC1COC2(CCCCC2)O1. The van der Waals surface area contributed by atoms with E-state index in [1.165, 1.54) is 24.8 Å². The molecule has 1 saturated heterocycles. The lowest BCUT2D eigenvalue weighted by Gasteiger charge is -2.31. The van der Waals surface area contributed by atoms with Gasteiger partial charge in [-0.3, -0.25) is 10.2 Å². The van der Waals surface area contributed by atoms with Gasteiger partial charge in [-0.1, -0.05) is 6.42 Å². The lowest BCUT2D eigenvalue weighted by atomic mass is 9.94. The molecule has 3 rings (SSSR count). The van der Waals surface area contributed by atoms with Crippen LogP contribution in [0, 0.1) is 0 Å². The number of nitrogens with one attached hydrogen (secondary N) is 2. The summed E-state index contributed by atoms with van der Waals surface area (Å²) < 4.78 is 21.8. The highest BCUT2D eigenvalue weighted by Gasteiger charge is 2.42. The van der Waals surface area contributed by atoms with Crippen LogP contribution in [0.3, 0.4) is 0 Å². The van der Waals surface area contributed by atoms with Crippen molar-refractivity contribution < 1.29 is 28.2 Å². The second-order valence-electron chi connectivity index (χ2n) is 6.08. The highest BCUT2D eigenvalue weighted by Crippen LogP contribution is 2.37. The fourth-order valence-electron chi connectivity index (χ4n) is 2.95. The molecule has 0 aromatic carbocycles. The smallest absolute Gasteiger partial charge is 0.426 e. The Labute approximate surface area is 145 Å². The summed E-state index contributed by atoms with van der Waals surface area (Å²) in [6.07, 6.45) is 8.33. The van der Waals surface area contributed by atoms with Gasteiger partial charge in [0.2, 0.25) is 0 Å². The summed E-state index contributed by atoms with van der Waals surface area (Å²) in [5.41, 5.74) is 4.38. The molecular weight excluding hydrogens is 328 g/mol. The van der Waals surface area contributed by atoms with Crippen LogP contribution in [0.4, 0.5) is 4.79 Å². The Morgan fingerprint density at radius 2 is 2.12 bits per heavy atom. The third kappa shape index (κ3) is 5.07. The van der Waals surface area contributed by atoms with Gasteiger partial charge in [0, 0.05) is 18.9 Å². The van der Waals surface area contributed by atoms with Crippen molar-refractivity contribution in [2.24, 2.45) is 0 Å². The Hall–Kier alpha value is -2.32. The molecule has 1 atom stereocenters. The average molecular weight is 350 g/mol. The van der Waals surface area contributed by atoms with Crippen LogP contribution in [0.5, 0.6) is 0 Å². The predicted octanol–water partition coefficient (Wildman–Crippen LogP) is 2.13. The van der Waals surface area contributed by atoms with E-state index in [9.17, 15) is 9.59 Å². The molecule has 2 aliphatic rings. The molecule has 25 heavy (non-hydrogen) atoms. The van der Waals surface area contributed by atoms with Gasteiger partial charge in [0.15, 0.2) is 5.79 Å². The second-order valence-corrected chi connectivity index (χ2v) is 6.08. The molecule has 1 aliphatic carbocycles. The van der Waals surface area contributed by atoms with Gasteiger partial charge >= 0.3 is 6.09 Å². The molecule has 8 nitrogen and oxygen atoms in total. The highest BCUT2D eigenvalue weighted by molar-refractivity contribution is 5.92. The molecule has 1 aromatic heterocycles. The first-order chi connectivity index (χ1) is 12.2. The molecule has 136 valence electrons.